The minimum absolute atomic E-state index is 0. The molecule has 0 aromatic carbocycles. The summed E-state index contributed by atoms with van der Waals surface area (Å²) >= 11 is 0. The van der Waals surface area contributed by atoms with Gasteiger partial charge in [0.05, 0.1) is 12.2 Å². The lowest BCUT2D eigenvalue weighted by Crippen LogP contribution is -2.45. The monoisotopic (exact) mass is 418 g/mol. The second-order valence-corrected chi connectivity index (χ2v) is 5.66. The molecule has 0 bridgehead atoms. The molecule has 2 N–H and O–H groups in total. The third kappa shape index (κ3) is 5.28. The van der Waals surface area contributed by atoms with Gasteiger partial charge in [-0.2, -0.15) is 5.10 Å². The molecule has 0 aliphatic heterocycles. The van der Waals surface area contributed by atoms with Crippen LogP contribution in [0.1, 0.15) is 24.4 Å². The van der Waals surface area contributed by atoms with Gasteiger partial charge >= 0.3 is 0 Å². The zero-order valence-corrected chi connectivity index (χ0v) is 16.1. The van der Waals surface area contributed by atoms with Crippen molar-refractivity contribution in [2.75, 3.05) is 27.7 Å². The number of aromatic nitrogens is 2. The number of nitrogens with zero attached hydrogens (tertiary/aromatic N) is 4. The molecule has 22 heavy (non-hydrogen) atoms. The lowest BCUT2D eigenvalue weighted by Gasteiger charge is -2.25. The summed E-state index contributed by atoms with van der Waals surface area (Å²) in [6.45, 7) is 0.790. The molecule has 1 aromatic rings. The van der Waals surface area contributed by atoms with Gasteiger partial charge in [0.1, 0.15) is 0 Å². The van der Waals surface area contributed by atoms with E-state index in [1.165, 1.54) is 5.56 Å². The second kappa shape index (κ2) is 9.14. The van der Waals surface area contributed by atoms with Gasteiger partial charge in [-0.05, 0) is 26.9 Å². The number of hydrogen-bond donors (Lipinski definition) is 2. The van der Waals surface area contributed by atoms with E-state index in [4.69, 9.17) is 0 Å². The average molecular weight is 418 g/mol. The van der Waals surface area contributed by atoms with Crippen LogP contribution in [0, 0.1) is 0 Å². The molecular weight excluding hydrogens is 391 g/mol. The highest BCUT2D eigenvalue weighted by Crippen LogP contribution is 2.16. The Kier molecular flexibility index (Phi) is 7.88. The van der Waals surface area contributed by atoms with E-state index in [-0.39, 0.29) is 30.0 Å². The summed E-state index contributed by atoms with van der Waals surface area (Å²) in [5, 5.41) is 11.1. The Morgan fingerprint density at radius 3 is 2.64 bits per heavy atom. The second-order valence-electron chi connectivity index (χ2n) is 5.66. The molecule has 0 amide bonds. The maximum atomic E-state index is 4.31. The van der Waals surface area contributed by atoms with Crippen LogP contribution in [0.15, 0.2) is 29.5 Å². The van der Waals surface area contributed by atoms with Crippen LogP contribution in [0.3, 0.4) is 0 Å². The Hall–Kier alpha value is -1.09. The summed E-state index contributed by atoms with van der Waals surface area (Å²) in [5.74, 6) is 0.861. The molecule has 0 saturated carbocycles. The third-order valence-corrected chi connectivity index (χ3v) is 3.77. The van der Waals surface area contributed by atoms with Gasteiger partial charge in [-0.3, -0.25) is 9.67 Å². The quantitative estimate of drug-likeness (QED) is 0.330. The summed E-state index contributed by atoms with van der Waals surface area (Å²) in [6, 6.07) is 0.728. The SMILES string of the molecule is CN=C(NCC(c1cnn(C)c1)N(C)C)NC1CC=CC1.I. The van der Waals surface area contributed by atoms with Crippen molar-refractivity contribution in [1.29, 1.82) is 0 Å². The van der Waals surface area contributed by atoms with E-state index in [2.05, 4.69) is 58.1 Å². The molecule has 0 fully saturated rings. The molecule has 1 aromatic heterocycles. The van der Waals surface area contributed by atoms with Gasteiger partial charge in [-0.25, -0.2) is 0 Å². The van der Waals surface area contributed by atoms with Crippen molar-refractivity contribution in [3.05, 3.63) is 30.1 Å². The molecule has 1 unspecified atom stereocenters. The van der Waals surface area contributed by atoms with Gasteiger partial charge in [0, 0.05) is 38.4 Å². The first-order chi connectivity index (χ1) is 10.1. The fraction of sp³-hybridized carbons (Fsp3) is 0.600. The average Bonchev–Trinajstić information content (AvgIpc) is 3.09. The number of guanidine groups is 1. The van der Waals surface area contributed by atoms with Crippen LogP contribution in [0.4, 0.5) is 0 Å². The van der Waals surface area contributed by atoms with E-state index in [0.29, 0.717) is 6.04 Å². The number of aliphatic imine (C=N–C) groups is 1. The lowest BCUT2D eigenvalue weighted by molar-refractivity contribution is 0.298. The molecular formula is C15H27IN6. The molecule has 0 spiro atoms. The highest BCUT2D eigenvalue weighted by atomic mass is 127. The topological polar surface area (TPSA) is 57.5 Å². The van der Waals surface area contributed by atoms with Crippen molar-refractivity contribution in [2.24, 2.45) is 12.0 Å². The predicted octanol–water partition coefficient (Wildman–Crippen LogP) is 1.52. The highest BCUT2D eigenvalue weighted by molar-refractivity contribution is 14.0. The standard InChI is InChI=1S/C15H26N6.HI/c1-16-15(19-13-7-5-6-8-13)17-10-14(20(2)3)12-9-18-21(4)11-12;/h5-6,9,11,13-14H,7-8,10H2,1-4H3,(H2,16,17,19);1H. The minimum Gasteiger partial charge on any atom is -0.354 e. The maximum Gasteiger partial charge on any atom is 0.191 e. The fourth-order valence-electron chi connectivity index (χ4n) is 2.53. The predicted molar refractivity (Wildman–Crippen MR) is 102 cm³/mol. The molecule has 2 rings (SSSR count). The summed E-state index contributed by atoms with van der Waals surface area (Å²) in [7, 11) is 7.91. The number of aryl methyl sites for hydroxylation is 1. The number of nitrogens with one attached hydrogen (secondary N) is 2. The van der Waals surface area contributed by atoms with Gasteiger partial charge < -0.3 is 15.5 Å². The van der Waals surface area contributed by atoms with Crippen molar-refractivity contribution >= 4 is 29.9 Å². The molecule has 7 heteroatoms. The highest BCUT2D eigenvalue weighted by Gasteiger charge is 2.17. The molecule has 0 radical (unpaired) electrons. The normalized spacial score (nSPS) is 16.7. The molecule has 124 valence electrons. The Morgan fingerprint density at radius 2 is 2.14 bits per heavy atom. The smallest absolute Gasteiger partial charge is 0.191 e. The summed E-state index contributed by atoms with van der Waals surface area (Å²) < 4.78 is 1.84. The van der Waals surface area contributed by atoms with E-state index in [1.807, 2.05) is 25.0 Å². The molecule has 6 nitrogen and oxygen atoms in total. The molecule has 1 atom stereocenters. The van der Waals surface area contributed by atoms with Gasteiger partial charge in [0.15, 0.2) is 5.96 Å². The molecule has 0 saturated heterocycles. The Bertz CT molecular complexity index is 500. The van der Waals surface area contributed by atoms with Crippen molar-refractivity contribution in [2.45, 2.75) is 24.9 Å². The first-order valence-corrected chi connectivity index (χ1v) is 7.37. The van der Waals surface area contributed by atoms with Crippen LogP contribution in [0.25, 0.3) is 0 Å². The number of rotatable bonds is 5. The number of halogens is 1. The zero-order chi connectivity index (χ0) is 15.2. The van der Waals surface area contributed by atoms with Crippen molar-refractivity contribution in [3.8, 4) is 0 Å². The Morgan fingerprint density at radius 1 is 1.45 bits per heavy atom. The summed E-state index contributed by atoms with van der Waals surface area (Å²) in [5.41, 5.74) is 1.20. The first-order valence-electron chi connectivity index (χ1n) is 7.37. The Labute approximate surface area is 150 Å². The van der Waals surface area contributed by atoms with E-state index < -0.39 is 0 Å². The van der Waals surface area contributed by atoms with E-state index in [1.54, 1.807) is 0 Å². The van der Waals surface area contributed by atoms with Crippen LogP contribution >= 0.6 is 24.0 Å². The van der Waals surface area contributed by atoms with Crippen LogP contribution in [0.2, 0.25) is 0 Å². The lowest BCUT2D eigenvalue weighted by atomic mass is 10.1. The molecule has 1 aliphatic rings. The summed E-state index contributed by atoms with van der Waals surface area (Å²) in [6.07, 6.45) is 10.5. The van der Waals surface area contributed by atoms with Gasteiger partial charge in [-0.1, -0.05) is 12.2 Å². The molecule has 1 heterocycles. The third-order valence-electron chi connectivity index (χ3n) is 3.77. The minimum atomic E-state index is 0. The number of likely N-dealkylation sites (N-methyl/N-ethyl adjacent to an activating group) is 1. The van der Waals surface area contributed by atoms with Crippen LogP contribution in [-0.2, 0) is 7.05 Å². The maximum absolute atomic E-state index is 4.31. The van der Waals surface area contributed by atoms with Crippen LogP contribution < -0.4 is 10.6 Å². The van der Waals surface area contributed by atoms with Crippen LogP contribution in [-0.4, -0.2) is 54.4 Å². The van der Waals surface area contributed by atoms with Crippen molar-refractivity contribution < 1.29 is 0 Å². The van der Waals surface area contributed by atoms with E-state index >= 15 is 0 Å². The number of hydrogen-bond acceptors (Lipinski definition) is 3. The Balaban J connectivity index is 0.00000242. The fourth-order valence-corrected chi connectivity index (χ4v) is 2.53. The zero-order valence-electron chi connectivity index (χ0n) is 13.8. The van der Waals surface area contributed by atoms with E-state index in [0.717, 1.165) is 25.3 Å². The van der Waals surface area contributed by atoms with Gasteiger partial charge in [0.25, 0.3) is 0 Å². The first kappa shape index (κ1) is 19.0. The van der Waals surface area contributed by atoms with Gasteiger partial charge in [0.2, 0.25) is 0 Å². The van der Waals surface area contributed by atoms with E-state index in [9.17, 15) is 0 Å². The summed E-state index contributed by atoms with van der Waals surface area (Å²) in [4.78, 5) is 6.50. The van der Waals surface area contributed by atoms with Crippen molar-refractivity contribution in [3.63, 3.8) is 0 Å². The van der Waals surface area contributed by atoms with Gasteiger partial charge in [-0.15, -0.1) is 24.0 Å². The van der Waals surface area contributed by atoms with Crippen molar-refractivity contribution in [1.82, 2.24) is 25.3 Å². The molecule has 1 aliphatic carbocycles. The largest absolute Gasteiger partial charge is 0.354 e. The van der Waals surface area contributed by atoms with Crippen LogP contribution in [0.5, 0.6) is 0 Å².